The lowest BCUT2D eigenvalue weighted by atomic mass is 10.0. The van der Waals surface area contributed by atoms with Crippen molar-refractivity contribution in [1.82, 2.24) is 5.32 Å². The Labute approximate surface area is 133 Å². The number of nitrogens with two attached hydrogens (primary N) is 1. The van der Waals surface area contributed by atoms with Crippen LogP contribution in [0.5, 0.6) is 0 Å². The van der Waals surface area contributed by atoms with Crippen molar-refractivity contribution in [1.29, 1.82) is 0 Å². The summed E-state index contributed by atoms with van der Waals surface area (Å²) in [6, 6.07) is 1.10. The molecule has 1 amide bonds. The SMILES string of the molecule is CC(C)CCCC(C)NC(=O)c1cc(S(N)(=O)=O)c(Br)o1. The molecule has 21 heavy (non-hydrogen) atoms. The molecule has 6 nitrogen and oxygen atoms in total. The first-order valence-corrected chi connectivity index (χ1v) is 9.08. The molecule has 3 N–H and O–H groups in total. The number of hydrogen-bond acceptors (Lipinski definition) is 4. The molecule has 1 aromatic heterocycles. The Balaban J connectivity index is 2.64. The summed E-state index contributed by atoms with van der Waals surface area (Å²) in [6.07, 6.45) is 2.97. The minimum absolute atomic E-state index is 0.0157. The first-order valence-electron chi connectivity index (χ1n) is 6.74. The number of hydrogen-bond donors (Lipinski definition) is 2. The molecule has 0 bridgehead atoms. The maximum atomic E-state index is 12.0. The van der Waals surface area contributed by atoms with Crippen LogP contribution in [0.4, 0.5) is 0 Å². The summed E-state index contributed by atoms with van der Waals surface area (Å²) < 4.78 is 27.6. The lowest BCUT2D eigenvalue weighted by Crippen LogP contribution is -2.32. The normalized spacial score (nSPS) is 13.4. The molecule has 1 heterocycles. The lowest BCUT2D eigenvalue weighted by molar-refractivity contribution is 0.0908. The molecule has 1 aromatic rings. The molecule has 120 valence electrons. The van der Waals surface area contributed by atoms with Gasteiger partial charge in [0.05, 0.1) is 0 Å². The van der Waals surface area contributed by atoms with Crippen molar-refractivity contribution in [3.8, 4) is 0 Å². The van der Waals surface area contributed by atoms with E-state index in [2.05, 4.69) is 35.1 Å². The van der Waals surface area contributed by atoms with Crippen molar-refractivity contribution < 1.29 is 17.6 Å². The molecule has 0 aromatic carbocycles. The van der Waals surface area contributed by atoms with E-state index in [1.54, 1.807) is 0 Å². The highest BCUT2D eigenvalue weighted by Crippen LogP contribution is 2.25. The minimum atomic E-state index is -3.92. The average molecular weight is 381 g/mol. The van der Waals surface area contributed by atoms with E-state index in [1.807, 2.05) is 6.92 Å². The summed E-state index contributed by atoms with van der Waals surface area (Å²) in [6.45, 7) is 6.20. The lowest BCUT2D eigenvalue weighted by Gasteiger charge is -2.13. The highest BCUT2D eigenvalue weighted by molar-refractivity contribution is 9.10. The molecule has 0 aliphatic carbocycles. The topological polar surface area (TPSA) is 102 Å². The summed E-state index contributed by atoms with van der Waals surface area (Å²) in [5, 5.41) is 7.79. The van der Waals surface area contributed by atoms with Crippen LogP contribution in [-0.4, -0.2) is 20.4 Å². The fraction of sp³-hybridized carbons (Fsp3) is 0.615. The number of carbonyl (C=O) groups excluding carboxylic acids is 1. The molecule has 0 aliphatic heterocycles. The van der Waals surface area contributed by atoms with Crippen LogP contribution >= 0.6 is 15.9 Å². The van der Waals surface area contributed by atoms with Gasteiger partial charge < -0.3 is 9.73 Å². The van der Waals surface area contributed by atoms with E-state index in [0.29, 0.717) is 5.92 Å². The van der Waals surface area contributed by atoms with Crippen LogP contribution in [0.1, 0.15) is 50.6 Å². The first-order chi connectivity index (χ1) is 9.61. The van der Waals surface area contributed by atoms with E-state index in [9.17, 15) is 13.2 Å². The maximum absolute atomic E-state index is 12.0. The van der Waals surface area contributed by atoms with Crippen molar-refractivity contribution >= 4 is 31.9 Å². The van der Waals surface area contributed by atoms with Crippen LogP contribution in [0, 0.1) is 5.92 Å². The van der Waals surface area contributed by atoms with Crippen LogP contribution in [0.25, 0.3) is 0 Å². The van der Waals surface area contributed by atoms with Gasteiger partial charge in [0.1, 0.15) is 4.90 Å². The van der Waals surface area contributed by atoms with Gasteiger partial charge in [0.2, 0.25) is 10.0 Å². The van der Waals surface area contributed by atoms with Gasteiger partial charge in [-0.3, -0.25) is 4.79 Å². The second kappa shape index (κ2) is 7.42. The van der Waals surface area contributed by atoms with E-state index >= 15 is 0 Å². The van der Waals surface area contributed by atoms with E-state index in [1.165, 1.54) is 0 Å². The van der Waals surface area contributed by atoms with Crippen molar-refractivity contribution in [2.45, 2.75) is 51.0 Å². The van der Waals surface area contributed by atoms with Gasteiger partial charge in [-0.25, -0.2) is 13.6 Å². The zero-order valence-corrected chi connectivity index (χ0v) is 14.8. The predicted molar refractivity (Wildman–Crippen MR) is 83.4 cm³/mol. The van der Waals surface area contributed by atoms with Gasteiger partial charge >= 0.3 is 0 Å². The molecule has 0 saturated heterocycles. The summed E-state index contributed by atoms with van der Waals surface area (Å²) in [5.41, 5.74) is 0. The van der Waals surface area contributed by atoms with E-state index in [0.717, 1.165) is 25.3 Å². The fourth-order valence-corrected chi connectivity index (χ4v) is 3.36. The highest BCUT2D eigenvalue weighted by Gasteiger charge is 2.22. The van der Waals surface area contributed by atoms with Gasteiger partial charge in [0.25, 0.3) is 5.91 Å². The van der Waals surface area contributed by atoms with Gasteiger partial charge in [-0.15, -0.1) is 0 Å². The molecule has 1 atom stereocenters. The summed E-state index contributed by atoms with van der Waals surface area (Å²) in [4.78, 5) is 11.7. The van der Waals surface area contributed by atoms with Crippen LogP contribution < -0.4 is 10.5 Å². The number of amides is 1. The number of nitrogens with one attached hydrogen (secondary N) is 1. The number of carbonyl (C=O) groups is 1. The Morgan fingerprint density at radius 3 is 2.48 bits per heavy atom. The second-order valence-electron chi connectivity index (χ2n) is 5.49. The van der Waals surface area contributed by atoms with Crippen LogP contribution in [0.2, 0.25) is 0 Å². The Bertz CT molecular complexity index is 595. The smallest absolute Gasteiger partial charge is 0.287 e. The summed E-state index contributed by atoms with van der Waals surface area (Å²) >= 11 is 2.94. The number of sulfonamides is 1. The highest BCUT2D eigenvalue weighted by atomic mass is 79.9. The molecule has 8 heteroatoms. The van der Waals surface area contributed by atoms with Gasteiger partial charge in [-0.05, 0) is 35.2 Å². The standard InChI is InChI=1S/C13H21BrN2O4S/c1-8(2)5-4-6-9(3)16-13(17)10-7-11(12(14)20-10)21(15,18)19/h7-9H,4-6H2,1-3H3,(H,16,17)(H2,15,18,19). The maximum Gasteiger partial charge on any atom is 0.287 e. The van der Waals surface area contributed by atoms with Gasteiger partial charge in [0, 0.05) is 12.1 Å². The third-order valence-electron chi connectivity index (χ3n) is 2.98. The first kappa shape index (κ1) is 18.2. The summed E-state index contributed by atoms with van der Waals surface area (Å²) in [7, 11) is -3.92. The van der Waals surface area contributed by atoms with Gasteiger partial charge in [0.15, 0.2) is 10.4 Å². The van der Waals surface area contributed by atoms with Gasteiger partial charge in [-0.1, -0.05) is 26.7 Å². The average Bonchev–Trinajstić information content (AvgIpc) is 2.70. The van der Waals surface area contributed by atoms with E-state index in [-0.39, 0.29) is 21.4 Å². The number of primary sulfonamides is 1. The molecule has 0 aliphatic rings. The third-order valence-corrected chi connectivity index (χ3v) is 4.75. The predicted octanol–water partition coefficient (Wildman–Crippen LogP) is 2.63. The van der Waals surface area contributed by atoms with Crippen molar-refractivity contribution in [2.24, 2.45) is 11.1 Å². The summed E-state index contributed by atoms with van der Waals surface area (Å²) in [5.74, 6) is 0.0931. The molecule has 0 spiro atoms. The Morgan fingerprint density at radius 2 is 2.00 bits per heavy atom. The van der Waals surface area contributed by atoms with Crippen molar-refractivity contribution in [3.63, 3.8) is 0 Å². The quantitative estimate of drug-likeness (QED) is 0.758. The largest absolute Gasteiger partial charge is 0.443 e. The van der Waals surface area contributed by atoms with E-state index < -0.39 is 15.9 Å². The Hall–Kier alpha value is -0.860. The van der Waals surface area contributed by atoms with Crippen LogP contribution in [-0.2, 0) is 10.0 Å². The third kappa shape index (κ3) is 5.80. The molecule has 0 saturated carbocycles. The van der Waals surface area contributed by atoms with Crippen LogP contribution in [0.15, 0.2) is 20.0 Å². The van der Waals surface area contributed by atoms with Gasteiger partial charge in [-0.2, -0.15) is 0 Å². The zero-order chi connectivity index (χ0) is 16.2. The number of rotatable bonds is 7. The van der Waals surface area contributed by atoms with Crippen LogP contribution in [0.3, 0.4) is 0 Å². The Kier molecular flexibility index (Phi) is 6.42. The second-order valence-corrected chi connectivity index (χ2v) is 7.74. The number of furan rings is 1. The zero-order valence-electron chi connectivity index (χ0n) is 12.3. The minimum Gasteiger partial charge on any atom is -0.443 e. The monoisotopic (exact) mass is 380 g/mol. The van der Waals surface area contributed by atoms with Crippen molar-refractivity contribution in [2.75, 3.05) is 0 Å². The molecule has 1 rings (SSSR count). The molecule has 0 radical (unpaired) electrons. The fourth-order valence-electron chi connectivity index (χ4n) is 1.86. The molecule has 1 unspecified atom stereocenters. The molecular formula is C13H21BrN2O4S. The molecule has 0 fully saturated rings. The van der Waals surface area contributed by atoms with Crippen molar-refractivity contribution in [3.05, 3.63) is 16.5 Å². The van der Waals surface area contributed by atoms with E-state index in [4.69, 9.17) is 9.56 Å². The Morgan fingerprint density at radius 1 is 1.38 bits per heavy atom. The number of halogens is 1. The molecular weight excluding hydrogens is 360 g/mol.